The van der Waals surface area contributed by atoms with E-state index in [2.05, 4.69) is 17.6 Å². The minimum absolute atomic E-state index is 0.0446. The van der Waals surface area contributed by atoms with Crippen molar-refractivity contribution in [3.05, 3.63) is 30.1 Å². The molecule has 0 aromatic heterocycles. The maximum absolute atomic E-state index is 12.7. The molecule has 1 aliphatic carbocycles. The van der Waals surface area contributed by atoms with Crippen LogP contribution in [0.5, 0.6) is 5.75 Å². The van der Waals surface area contributed by atoms with Crippen molar-refractivity contribution in [3.63, 3.8) is 0 Å². The number of amides is 3. The lowest BCUT2D eigenvalue weighted by atomic mass is 9.86. The molecule has 1 fully saturated rings. The second kappa shape index (κ2) is 9.74. The van der Waals surface area contributed by atoms with Crippen LogP contribution in [-0.2, 0) is 14.3 Å². The molecule has 1 saturated carbocycles. The first kappa shape index (κ1) is 19.7. The van der Waals surface area contributed by atoms with E-state index in [0.717, 1.165) is 25.7 Å². The number of nitrogens with one attached hydrogen (secondary N) is 2. The summed E-state index contributed by atoms with van der Waals surface area (Å²) in [5.74, 6) is -1.25. The molecule has 2 rings (SSSR count). The number of ether oxygens (including phenoxy) is 2. The summed E-state index contributed by atoms with van der Waals surface area (Å²) in [6, 6.07) is 4.58. The molecule has 142 valence electrons. The molecule has 7 nitrogen and oxygen atoms in total. The number of imide groups is 1. The average molecular weight is 366 g/mol. The number of hydrogen-bond acceptors (Lipinski definition) is 5. The Labute approximate surface area is 151 Å². The molecule has 1 aromatic rings. The van der Waals surface area contributed by atoms with Crippen molar-refractivity contribution >= 4 is 17.9 Å². The standard InChI is InChI=1S/C18H23FN2O5/c1-12-4-2-3-5-15(12)20-18(24)21-16(22)10-26-17(23)11-25-14-8-6-13(19)7-9-14/h6-9,12,15H,2-5,10-11H2,1H3,(H2,20,21,22,24)/t12-,15-/m0/s1. The molecule has 1 aromatic carbocycles. The van der Waals surface area contributed by atoms with Crippen molar-refractivity contribution < 1.29 is 28.2 Å². The molecule has 0 unspecified atom stereocenters. The topological polar surface area (TPSA) is 93.7 Å². The smallest absolute Gasteiger partial charge is 0.344 e. The van der Waals surface area contributed by atoms with E-state index in [1.165, 1.54) is 24.3 Å². The van der Waals surface area contributed by atoms with Gasteiger partial charge in [0.15, 0.2) is 13.2 Å². The second-order valence-corrected chi connectivity index (χ2v) is 6.29. The zero-order chi connectivity index (χ0) is 18.9. The third kappa shape index (κ3) is 6.70. The number of benzene rings is 1. The number of carbonyl (C=O) groups excluding carboxylic acids is 3. The first-order valence-electron chi connectivity index (χ1n) is 8.58. The number of rotatable bonds is 6. The van der Waals surface area contributed by atoms with Crippen LogP contribution in [0.4, 0.5) is 9.18 Å². The molecule has 0 spiro atoms. The van der Waals surface area contributed by atoms with Crippen LogP contribution in [0, 0.1) is 11.7 Å². The summed E-state index contributed by atoms with van der Waals surface area (Å²) in [7, 11) is 0. The molecule has 2 atom stereocenters. The fourth-order valence-corrected chi connectivity index (χ4v) is 2.76. The van der Waals surface area contributed by atoms with Gasteiger partial charge in [-0.3, -0.25) is 10.1 Å². The Kier molecular flexibility index (Phi) is 7.37. The van der Waals surface area contributed by atoms with Gasteiger partial charge in [-0.25, -0.2) is 14.0 Å². The van der Waals surface area contributed by atoms with Crippen LogP contribution < -0.4 is 15.4 Å². The van der Waals surface area contributed by atoms with E-state index in [9.17, 15) is 18.8 Å². The van der Waals surface area contributed by atoms with E-state index >= 15 is 0 Å². The van der Waals surface area contributed by atoms with Crippen molar-refractivity contribution in [3.8, 4) is 5.75 Å². The molecule has 2 N–H and O–H groups in total. The molecule has 3 amide bonds. The van der Waals surface area contributed by atoms with Gasteiger partial charge in [-0.1, -0.05) is 19.8 Å². The number of esters is 1. The maximum Gasteiger partial charge on any atom is 0.344 e. The predicted molar refractivity (Wildman–Crippen MR) is 90.9 cm³/mol. The SMILES string of the molecule is C[C@H]1CCCC[C@@H]1NC(=O)NC(=O)COC(=O)COc1ccc(F)cc1. The number of urea groups is 1. The van der Waals surface area contributed by atoms with Gasteiger partial charge in [-0.15, -0.1) is 0 Å². The summed E-state index contributed by atoms with van der Waals surface area (Å²) in [5, 5.41) is 4.91. The lowest BCUT2D eigenvalue weighted by molar-refractivity contribution is -0.150. The van der Waals surface area contributed by atoms with E-state index in [1.807, 2.05) is 0 Å². The molecular formula is C18H23FN2O5. The van der Waals surface area contributed by atoms with Gasteiger partial charge in [-0.2, -0.15) is 0 Å². The average Bonchev–Trinajstić information content (AvgIpc) is 2.61. The third-order valence-electron chi connectivity index (χ3n) is 4.22. The molecular weight excluding hydrogens is 343 g/mol. The second-order valence-electron chi connectivity index (χ2n) is 6.29. The van der Waals surface area contributed by atoms with Crippen molar-refractivity contribution in [2.45, 2.75) is 38.6 Å². The van der Waals surface area contributed by atoms with E-state index in [4.69, 9.17) is 9.47 Å². The Morgan fingerprint density at radius 3 is 2.50 bits per heavy atom. The molecule has 1 aliphatic rings. The van der Waals surface area contributed by atoms with Crippen LogP contribution in [0.2, 0.25) is 0 Å². The highest BCUT2D eigenvalue weighted by Crippen LogP contribution is 2.23. The monoisotopic (exact) mass is 366 g/mol. The van der Waals surface area contributed by atoms with Gasteiger partial charge in [0.05, 0.1) is 0 Å². The summed E-state index contributed by atoms with van der Waals surface area (Å²) < 4.78 is 22.6. The molecule has 8 heteroatoms. The van der Waals surface area contributed by atoms with Gasteiger partial charge in [0.2, 0.25) is 0 Å². The predicted octanol–water partition coefficient (Wildman–Crippen LogP) is 2.15. The third-order valence-corrected chi connectivity index (χ3v) is 4.22. The van der Waals surface area contributed by atoms with E-state index in [1.54, 1.807) is 0 Å². The van der Waals surface area contributed by atoms with Crippen LogP contribution in [0.15, 0.2) is 24.3 Å². The molecule has 0 saturated heterocycles. The van der Waals surface area contributed by atoms with E-state index < -0.39 is 36.9 Å². The largest absolute Gasteiger partial charge is 0.482 e. The molecule has 26 heavy (non-hydrogen) atoms. The fraction of sp³-hybridized carbons (Fsp3) is 0.500. The van der Waals surface area contributed by atoms with Crippen LogP contribution in [0.3, 0.4) is 0 Å². The molecule has 0 aliphatic heterocycles. The van der Waals surface area contributed by atoms with Crippen LogP contribution in [0.1, 0.15) is 32.6 Å². The summed E-state index contributed by atoms with van der Waals surface area (Å²) in [6.45, 7) is 1.05. The maximum atomic E-state index is 12.7. The minimum Gasteiger partial charge on any atom is -0.482 e. The first-order valence-corrected chi connectivity index (χ1v) is 8.58. The van der Waals surface area contributed by atoms with Gasteiger partial charge in [0.25, 0.3) is 5.91 Å². The highest BCUT2D eigenvalue weighted by Gasteiger charge is 2.23. The number of carbonyl (C=O) groups is 3. The van der Waals surface area contributed by atoms with Gasteiger partial charge in [0, 0.05) is 6.04 Å². The van der Waals surface area contributed by atoms with Gasteiger partial charge in [0.1, 0.15) is 11.6 Å². The lowest BCUT2D eigenvalue weighted by Gasteiger charge is -2.29. The summed E-state index contributed by atoms with van der Waals surface area (Å²) >= 11 is 0. The quantitative estimate of drug-likeness (QED) is 0.753. The Bertz CT molecular complexity index is 635. The Hall–Kier alpha value is -2.64. The summed E-state index contributed by atoms with van der Waals surface area (Å²) in [5.41, 5.74) is 0. The highest BCUT2D eigenvalue weighted by atomic mass is 19.1. The normalized spacial score (nSPS) is 19.3. The Morgan fingerprint density at radius 2 is 1.81 bits per heavy atom. The van der Waals surface area contributed by atoms with Crippen molar-refractivity contribution in [1.29, 1.82) is 0 Å². The highest BCUT2D eigenvalue weighted by molar-refractivity contribution is 5.95. The van der Waals surface area contributed by atoms with Gasteiger partial charge >= 0.3 is 12.0 Å². The minimum atomic E-state index is -0.772. The molecule has 0 bridgehead atoms. The number of hydrogen-bond donors (Lipinski definition) is 2. The summed E-state index contributed by atoms with van der Waals surface area (Å²) in [4.78, 5) is 35.0. The van der Waals surface area contributed by atoms with Crippen LogP contribution in [-0.4, -0.2) is 37.2 Å². The zero-order valence-corrected chi connectivity index (χ0v) is 14.6. The van der Waals surface area contributed by atoms with Crippen LogP contribution in [0.25, 0.3) is 0 Å². The molecule has 0 heterocycles. The Morgan fingerprint density at radius 1 is 1.12 bits per heavy atom. The van der Waals surface area contributed by atoms with Crippen molar-refractivity contribution in [1.82, 2.24) is 10.6 Å². The fourth-order valence-electron chi connectivity index (χ4n) is 2.76. The van der Waals surface area contributed by atoms with Crippen molar-refractivity contribution in [2.24, 2.45) is 5.92 Å². The van der Waals surface area contributed by atoms with Crippen molar-refractivity contribution in [2.75, 3.05) is 13.2 Å². The Balaban J connectivity index is 1.63. The zero-order valence-electron chi connectivity index (χ0n) is 14.6. The van der Waals surface area contributed by atoms with Gasteiger partial charge in [-0.05, 0) is 43.0 Å². The lowest BCUT2D eigenvalue weighted by Crippen LogP contribution is -2.48. The van der Waals surface area contributed by atoms with Crippen LogP contribution >= 0.6 is 0 Å². The van der Waals surface area contributed by atoms with E-state index in [-0.39, 0.29) is 6.04 Å². The van der Waals surface area contributed by atoms with E-state index in [0.29, 0.717) is 11.7 Å². The molecule has 0 radical (unpaired) electrons. The first-order chi connectivity index (χ1) is 12.4. The van der Waals surface area contributed by atoms with Gasteiger partial charge < -0.3 is 14.8 Å². The summed E-state index contributed by atoms with van der Waals surface area (Å²) in [6.07, 6.45) is 4.13. The number of halogens is 1.